The Hall–Kier alpha value is -1.15. The van der Waals surface area contributed by atoms with Crippen LogP contribution in [0.4, 0.5) is 0 Å². The van der Waals surface area contributed by atoms with E-state index in [4.69, 9.17) is 5.73 Å². The summed E-state index contributed by atoms with van der Waals surface area (Å²) in [6.45, 7) is 2.05. The number of carbonyl (C=O) groups is 1. The molecule has 2 N–H and O–H groups in total. The maximum atomic E-state index is 11.9. The van der Waals surface area contributed by atoms with Crippen molar-refractivity contribution in [2.24, 2.45) is 5.73 Å². The zero-order valence-corrected chi connectivity index (χ0v) is 9.83. The van der Waals surface area contributed by atoms with Crippen LogP contribution in [0.3, 0.4) is 0 Å². The summed E-state index contributed by atoms with van der Waals surface area (Å²) in [5, 5.41) is 0. The molecule has 1 saturated carbocycles. The number of aryl methyl sites for hydroxylation is 1. The molecule has 2 nitrogen and oxygen atoms in total. The van der Waals surface area contributed by atoms with Gasteiger partial charge in [-0.2, -0.15) is 0 Å². The molecular weight excluding hydrogens is 198 g/mol. The molecule has 1 fully saturated rings. The van der Waals surface area contributed by atoms with Gasteiger partial charge in [-0.15, -0.1) is 0 Å². The summed E-state index contributed by atoms with van der Waals surface area (Å²) >= 11 is 0. The number of hydrogen-bond donors (Lipinski definition) is 1. The average Bonchev–Trinajstić information content (AvgIpc) is 2.19. The van der Waals surface area contributed by atoms with Crippen LogP contribution in [0.2, 0.25) is 0 Å². The van der Waals surface area contributed by atoms with E-state index in [0.29, 0.717) is 12.8 Å². The lowest BCUT2D eigenvalue weighted by Crippen LogP contribution is -2.48. The zero-order valence-electron chi connectivity index (χ0n) is 9.83. The second-order valence-electron chi connectivity index (χ2n) is 5.03. The van der Waals surface area contributed by atoms with Gasteiger partial charge in [0.1, 0.15) is 5.78 Å². The van der Waals surface area contributed by atoms with E-state index in [9.17, 15) is 4.79 Å². The second kappa shape index (κ2) is 4.38. The lowest BCUT2D eigenvalue weighted by atomic mass is 9.74. The van der Waals surface area contributed by atoms with Crippen LogP contribution in [0, 0.1) is 6.92 Å². The van der Waals surface area contributed by atoms with Crippen LogP contribution in [0.1, 0.15) is 36.8 Å². The van der Waals surface area contributed by atoms with Crippen LogP contribution in [0.15, 0.2) is 24.3 Å². The van der Waals surface area contributed by atoms with Crippen molar-refractivity contribution in [2.45, 2.75) is 44.6 Å². The predicted molar refractivity (Wildman–Crippen MR) is 65.3 cm³/mol. The first-order valence-electron chi connectivity index (χ1n) is 5.94. The van der Waals surface area contributed by atoms with E-state index >= 15 is 0 Å². The first-order chi connectivity index (χ1) is 7.59. The Balaban J connectivity index is 1.95. The van der Waals surface area contributed by atoms with Crippen molar-refractivity contribution < 1.29 is 4.79 Å². The Labute approximate surface area is 96.8 Å². The summed E-state index contributed by atoms with van der Waals surface area (Å²) in [5.74, 6) is 0.275. The van der Waals surface area contributed by atoms with Crippen LogP contribution < -0.4 is 5.73 Å². The van der Waals surface area contributed by atoms with Gasteiger partial charge in [-0.05, 0) is 37.3 Å². The van der Waals surface area contributed by atoms with Crippen molar-refractivity contribution >= 4 is 5.78 Å². The third kappa shape index (κ3) is 2.50. The smallest absolute Gasteiger partial charge is 0.139 e. The highest BCUT2D eigenvalue weighted by molar-refractivity contribution is 5.82. The molecule has 0 aliphatic heterocycles. The summed E-state index contributed by atoms with van der Waals surface area (Å²) in [7, 11) is 0. The maximum Gasteiger partial charge on any atom is 0.139 e. The first kappa shape index (κ1) is 11.3. The van der Waals surface area contributed by atoms with E-state index in [1.807, 2.05) is 31.2 Å². The number of carbonyl (C=O) groups excluding carboxylic acids is 1. The molecule has 16 heavy (non-hydrogen) atoms. The minimum atomic E-state index is -0.181. The number of rotatable bonds is 4. The van der Waals surface area contributed by atoms with Crippen molar-refractivity contribution in [3.05, 3.63) is 35.4 Å². The number of ketones is 1. The number of hydrogen-bond acceptors (Lipinski definition) is 2. The Morgan fingerprint density at radius 2 is 2.06 bits per heavy atom. The van der Waals surface area contributed by atoms with E-state index < -0.39 is 0 Å². The predicted octanol–water partition coefficient (Wildman–Crippen LogP) is 2.38. The van der Waals surface area contributed by atoms with Gasteiger partial charge >= 0.3 is 0 Å². The van der Waals surface area contributed by atoms with Crippen molar-refractivity contribution in [1.82, 2.24) is 0 Å². The lowest BCUT2D eigenvalue weighted by molar-refractivity contribution is -0.120. The van der Waals surface area contributed by atoms with E-state index in [1.165, 1.54) is 12.0 Å². The highest BCUT2D eigenvalue weighted by atomic mass is 16.1. The molecule has 1 aromatic rings. The molecule has 86 valence electrons. The van der Waals surface area contributed by atoms with Gasteiger partial charge in [0.05, 0.1) is 0 Å². The number of Topliss-reactive ketones (excluding diaryl/α,β-unsaturated/α-hetero) is 1. The van der Waals surface area contributed by atoms with Gasteiger partial charge in [-0.3, -0.25) is 4.79 Å². The topological polar surface area (TPSA) is 43.1 Å². The van der Waals surface area contributed by atoms with E-state index in [2.05, 4.69) is 0 Å². The fourth-order valence-corrected chi connectivity index (χ4v) is 2.28. The first-order valence-corrected chi connectivity index (χ1v) is 5.94. The Bertz CT molecular complexity index is 393. The highest BCUT2D eigenvalue weighted by Gasteiger charge is 2.34. The molecule has 2 rings (SSSR count). The third-order valence-corrected chi connectivity index (χ3v) is 3.55. The molecule has 0 spiro atoms. The van der Waals surface area contributed by atoms with Gasteiger partial charge < -0.3 is 5.73 Å². The van der Waals surface area contributed by atoms with Crippen molar-refractivity contribution in [3.8, 4) is 0 Å². The van der Waals surface area contributed by atoms with Gasteiger partial charge in [0.25, 0.3) is 0 Å². The summed E-state index contributed by atoms with van der Waals surface area (Å²) < 4.78 is 0. The Kier molecular flexibility index (Phi) is 3.10. The monoisotopic (exact) mass is 217 g/mol. The number of nitrogens with two attached hydrogens (primary N) is 1. The molecule has 0 unspecified atom stereocenters. The molecule has 0 amide bonds. The van der Waals surface area contributed by atoms with Gasteiger partial charge in [0, 0.05) is 18.4 Å². The van der Waals surface area contributed by atoms with Gasteiger partial charge in [0.15, 0.2) is 0 Å². The van der Waals surface area contributed by atoms with Gasteiger partial charge in [-0.25, -0.2) is 0 Å². The van der Waals surface area contributed by atoms with Crippen LogP contribution in [0.25, 0.3) is 0 Å². The lowest BCUT2D eigenvalue weighted by Gasteiger charge is -2.37. The molecule has 1 aromatic carbocycles. The number of benzene rings is 1. The zero-order chi connectivity index (χ0) is 11.6. The largest absolute Gasteiger partial charge is 0.325 e. The third-order valence-electron chi connectivity index (χ3n) is 3.55. The summed E-state index contributed by atoms with van der Waals surface area (Å²) in [4.78, 5) is 11.9. The van der Waals surface area contributed by atoms with Crippen LogP contribution in [-0.4, -0.2) is 11.3 Å². The Morgan fingerprint density at radius 1 is 1.38 bits per heavy atom. The molecule has 1 aliphatic carbocycles. The molecule has 0 heterocycles. The fraction of sp³-hybridized carbons (Fsp3) is 0.500. The Morgan fingerprint density at radius 3 is 2.62 bits per heavy atom. The minimum absolute atomic E-state index is 0.181. The maximum absolute atomic E-state index is 11.9. The minimum Gasteiger partial charge on any atom is -0.325 e. The van der Waals surface area contributed by atoms with Crippen molar-refractivity contribution in [3.63, 3.8) is 0 Å². The molecular formula is C14H19NO. The average molecular weight is 217 g/mol. The van der Waals surface area contributed by atoms with Crippen LogP contribution in [0.5, 0.6) is 0 Å². The molecule has 0 aromatic heterocycles. The molecule has 0 radical (unpaired) electrons. The fourth-order valence-electron chi connectivity index (χ4n) is 2.28. The molecule has 0 bridgehead atoms. The van der Waals surface area contributed by atoms with Crippen molar-refractivity contribution in [1.29, 1.82) is 0 Å². The van der Waals surface area contributed by atoms with E-state index in [0.717, 1.165) is 18.4 Å². The quantitative estimate of drug-likeness (QED) is 0.841. The van der Waals surface area contributed by atoms with Gasteiger partial charge in [0.2, 0.25) is 0 Å². The molecule has 0 saturated heterocycles. The summed E-state index contributed by atoms with van der Waals surface area (Å²) in [6.07, 6.45) is 4.26. The molecule has 0 atom stereocenters. The van der Waals surface area contributed by atoms with Crippen LogP contribution in [-0.2, 0) is 11.2 Å². The second-order valence-corrected chi connectivity index (χ2v) is 5.03. The highest BCUT2D eigenvalue weighted by Crippen LogP contribution is 2.32. The molecule has 2 heteroatoms. The normalized spacial score (nSPS) is 17.9. The molecule has 1 aliphatic rings. The van der Waals surface area contributed by atoms with Crippen LogP contribution >= 0.6 is 0 Å². The van der Waals surface area contributed by atoms with E-state index in [-0.39, 0.29) is 11.3 Å². The standard InChI is InChI=1S/C14H19NO/c1-11-5-2-3-6-12(11)9-13(16)10-14(15)7-4-8-14/h2-3,5-6H,4,7-10,15H2,1H3. The summed E-state index contributed by atoms with van der Waals surface area (Å²) in [5.41, 5.74) is 8.22. The summed E-state index contributed by atoms with van der Waals surface area (Å²) in [6, 6.07) is 8.05. The SMILES string of the molecule is Cc1ccccc1CC(=O)CC1(N)CCC1. The van der Waals surface area contributed by atoms with E-state index in [1.54, 1.807) is 0 Å². The van der Waals surface area contributed by atoms with Gasteiger partial charge in [-0.1, -0.05) is 24.3 Å². The van der Waals surface area contributed by atoms with Crippen molar-refractivity contribution in [2.75, 3.05) is 0 Å².